The van der Waals surface area contributed by atoms with Crippen LogP contribution in [0.25, 0.3) is 0 Å². The maximum Gasteiger partial charge on any atom is 0.311 e. The zero-order valence-corrected chi connectivity index (χ0v) is 16.4. The van der Waals surface area contributed by atoms with Gasteiger partial charge in [0.15, 0.2) is 5.75 Å². The number of amides is 2. The molecule has 152 valence electrons. The first-order valence-corrected chi connectivity index (χ1v) is 10.4. The molecule has 1 N–H and O–H groups in total. The Morgan fingerprint density at radius 3 is 2.17 bits per heavy atom. The van der Waals surface area contributed by atoms with Gasteiger partial charge < -0.3 is 4.74 Å². The first-order chi connectivity index (χ1) is 13.7. The fourth-order valence-corrected chi connectivity index (χ4v) is 3.81. The standard InChI is InChI=1S/C20H19NO7S/c1-13(21-19(23)14-8-2-3-9-15(14)20(21)24)7-6-12-18(22)28-16-10-4-5-11-17(16)29(25,26)27/h2-5,8-11,13H,6-7,12H2,1H3,(H,25,26,27). The van der Waals surface area contributed by atoms with Crippen LogP contribution >= 0.6 is 0 Å². The van der Waals surface area contributed by atoms with Crippen molar-refractivity contribution in [3.8, 4) is 5.75 Å². The van der Waals surface area contributed by atoms with E-state index in [4.69, 9.17) is 4.74 Å². The molecule has 1 heterocycles. The summed E-state index contributed by atoms with van der Waals surface area (Å²) in [5.41, 5.74) is 0.733. The molecule has 0 bridgehead atoms. The number of imide groups is 1. The van der Waals surface area contributed by atoms with Crippen LogP contribution in [-0.4, -0.2) is 41.7 Å². The number of benzene rings is 2. The summed E-state index contributed by atoms with van der Waals surface area (Å²) in [6, 6.07) is 11.4. The molecular formula is C20H19NO7S. The van der Waals surface area contributed by atoms with Crippen molar-refractivity contribution >= 4 is 27.9 Å². The molecule has 9 heteroatoms. The molecule has 0 radical (unpaired) electrons. The lowest BCUT2D eigenvalue weighted by Crippen LogP contribution is -2.38. The topological polar surface area (TPSA) is 118 Å². The highest BCUT2D eigenvalue weighted by atomic mass is 32.2. The number of carbonyl (C=O) groups is 3. The van der Waals surface area contributed by atoms with Crippen molar-refractivity contribution in [1.82, 2.24) is 4.90 Å². The van der Waals surface area contributed by atoms with E-state index in [2.05, 4.69) is 0 Å². The SMILES string of the molecule is CC(CCCC(=O)Oc1ccccc1S(=O)(=O)O)N1C(=O)c2ccccc2C1=O. The van der Waals surface area contributed by atoms with Crippen molar-refractivity contribution in [1.29, 1.82) is 0 Å². The Labute approximate surface area is 167 Å². The van der Waals surface area contributed by atoms with Gasteiger partial charge in [0.2, 0.25) is 0 Å². The second-order valence-corrected chi connectivity index (χ2v) is 8.05. The number of carbonyl (C=O) groups excluding carboxylic acids is 3. The van der Waals surface area contributed by atoms with Crippen molar-refractivity contribution in [3.05, 3.63) is 59.7 Å². The molecule has 0 fully saturated rings. The third-order valence-corrected chi connectivity index (χ3v) is 5.51. The number of esters is 1. The van der Waals surface area contributed by atoms with Gasteiger partial charge in [0.05, 0.1) is 11.1 Å². The average Bonchev–Trinajstić information content (AvgIpc) is 2.92. The van der Waals surface area contributed by atoms with Crippen LogP contribution in [0, 0.1) is 0 Å². The third kappa shape index (κ3) is 4.36. The number of hydrogen-bond donors (Lipinski definition) is 1. The lowest BCUT2D eigenvalue weighted by Gasteiger charge is -2.22. The minimum atomic E-state index is -4.52. The molecule has 0 aliphatic carbocycles. The third-order valence-electron chi connectivity index (χ3n) is 4.62. The van der Waals surface area contributed by atoms with Gasteiger partial charge in [0, 0.05) is 12.5 Å². The second kappa shape index (κ2) is 8.14. The molecule has 8 nitrogen and oxygen atoms in total. The summed E-state index contributed by atoms with van der Waals surface area (Å²) in [5, 5.41) is 0. The molecule has 0 saturated heterocycles. The van der Waals surface area contributed by atoms with Crippen LogP contribution in [0.5, 0.6) is 5.75 Å². The highest BCUT2D eigenvalue weighted by molar-refractivity contribution is 7.86. The molecule has 1 aliphatic rings. The summed E-state index contributed by atoms with van der Waals surface area (Å²) in [5.74, 6) is -1.66. The van der Waals surface area contributed by atoms with Crippen molar-refractivity contribution < 1.29 is 32.1 Å². The molecule has 0 saturated carbocycles. The number of hydrogen-bond acceptors (Lipinski definition) is 6. The van der Waals surface area contributed by atoms with Crippen molar-refractivity contribution in [2.45, 2.75) is 37.1 Å². The fraction of sp³-hybridized carbons (Fsp3) is 0.250. The number of ether oxygens (including phenoxy) is 1. The summed E-state index contributed by atoms with van der Waals surface area (Å²) in [6.45, 7) is 1.72. The van der Waals surface area contributed by atoms with Gasteiger partial charge in [-0.25, -0.2) is 0 Å². The van der Waals surface area contributed by atoms with E-state index in [9.17, 15) is 27.4 Å². The molecule has 3 rings (SSSR count). The normalized spacial score (nSPS) is 14.6. The Morgan fingerprint density at radius 1 is 1.03 bits per heavy atom. The lowest BCUT2D eigenvalue weighted by molar-refractivity contribution is -0.134. The smallest absolute Gasteiger partial charge is 0.311 e. The monoisotopic (exact) mass is 417 g/mol. The van der Waals surface area contributed by atoms with Crippen LogP contribution in [0.2, 0.25) is 0 Å². The van der Waals surface area contributed by atoms with Crippen LogP contribution in [0.3, 0.4) is 0 Å². The van der Waals surface area contributed by atoms with E-state index >= 15 is 0 Å². The van der Waals surface area contributed by atoms with Crippen LogP contribution in [0.1, 0.15) is 46.9 Å². The van der Waals surface area contributed by atoms with E-state index in [0.717, 1.165) is 6.07 Å². The molecule has 1 atom stereocenters. The van der Waals surface area contributed by atoms with Gasteiger partial charge in [0.1, 0.15) is 4.90 Å². The fourth-order valence-electron chi connectivity index (χ4n) is 3.20. The van der Waals surface area contributed by atoms with E-state index < -0.39 is 27.0 Å². The van der Waals surface area contributed by atoms with Gasteiger partial charge in [-0.2, -0.15) is 8.42 Å². The summed E-state index contributed by atoms with van der Waals surface area (Å²) in [7, 11) is -4.52. The number of rotatable bonds is 7. The maximum absolute atomic E-state index is 12.5. The summed E-state index contributed by atoms with van der Waals surface area (Å²) >= 11 is 0. The van der Waals surface area contributed by atoms with Crippen molar-refractivity contribution in [2.75, 3.05) is 0 Å². The minimum Gasteiger partial charge on any atom is -0.425 e. The highest BCUT2D eigenvalue weighted by Gasteiger charge is 2.37. The number of nitrogens with zero attached hydrogens (tertiary/aromatic N) is 1. The Bertz CT molecular complexity index is 1040. The Hall–Kier alpha value is -3.04. The molecule has 2 aromatic carbocycles. The first-order valence-electron chi connectivity index (χ1n) is 8.94. The maximum atomic E-state index is 12.5. The Morgan fingerprint density at radius 2 is 1.59 bits per heavy atom. The Kier molecular flexibility index (Phi) is 5.81. The van der Waals surface area contributed by atoms with E-state index in [1.807, 2.05) is 0 Å². The molecule has 2 amide bonds. The van der Waals surface area contributed by atoms with E-state index in [1.165, 1.54) is 23.1 Å². The van der Waals surface area contributed by atoms with Crippen molar-refractivity contribution in [2.24, 2.45) is 0 Å². The van der Waals surface area contributed by atoms with Crippen LogP contribution in [-0.2, 0) is 14.9 Å². The van der Waals surface area contributed by atoms with Crippen LogP contribution in [0.4, 0.5) is 0 Å². The van der Waals surface area contributed by atoms with Gasteiger partial charge in [-0.3, -0.25) is 23.8 Å². The molecule has 1 unspecified atom stereocenters. The van der Waals surface area contributed by atoms with E-state index in [-0.39, 0.29) is 24.0 Å². The summed E-state index contributed by atoms with van der Waals surface area (Å²) in [6.07, 6.45) is 0.648. The zero-order chi connectivity index (χ0) is 21.2. The van der Waals surface area contributed by atoms with Crippen molar-refractivity contribution in [3.63, 3.8) is 0 Å². The summed E-state index contributed by atoms with van der Waals surface area (Å²) < 4.78 is 36.9. The number of fused-ring (bicyclic) bond motifs is 1. The molecule has 1 aliphatic heterocycles. The molecular weight excluding hydrogens is 398 g/mol. The largest absolute Gasteiger partial charge is 0.425 e. The van der Waals surface area contributed by atoms with E-state index in [0.29, 0.717) is 24.0 Å². The first kappa shape index (κ1) is 20.7. The van der Waals surface area contributed by atoms with Gasteiger partial charge in [0.25, 0.3) is 21.9 Å². The molecule has 29 heavy (non-hydrogen) atoms. The molecule has 0 aromatic heterocycles. The van der Waals surface area contributed by atoms with E-state index in [1.54, 1.807) is 31.2 Å². The molecule has 2 aromatic rings. The lowest BCUT2D eigenvalue weighted by atomic mass is 10.1. The second-order valence-electron chi connectivity index (χ2n) is 6.66. The zero-order valence-electron chi connectivity index (χ0n) is 15.6. The minimum absolute atomic E-state index is 0.0483. The van der Waals surface area contributed by atoms with Crippen LogP contribution < -0.4 is 4.74 Å². The van der Waals surface area contributed by atoms with Gasteiger partial charge >= 0.3 is 5.97 Å². The number of para-hydroxylation sites is 1. The van der Waals surface area contributed by atoms with Gasteiger partial charge in [-0.05, 0) is 44.0 Å². The highest BCUT2D eigenvalue weighted by Crippen LogP contribution is 2.26. The predicted molar refractivity (Wildman–Crippen MR) is 102 cm³/mol. The summed E-state index contributed by atoms with van der Waals surface area (Å²) in [4.78, 5) is 37.6. The average molecular weight is 417 g/mol. The predicted octanol–water partition coefficient (Wildman–Crippen LogP) is 2.69. The van der Waals surface area contributed by atoms with Crippen LogP contribution in [0.15, 0.2) is 53.4 Å². The van der Waals surface area contributed by atoms with Gasteiger partial charge in [-0.1, -0.05) is 24.3 Å². The molecule has 0 spiro atoms. The Balaban J connectivity index is 1.57. The van der Waals surface area contributed by atoms with Gasteiger partial charge in [-0.15, -0.1) is 0 Å². The quantitative estimate of drug-likeness (QED) is 0.318.